The fourth-order valence-corrected chi connectivity index (χ4v) is 2.12. The van der Waals surface area contributed by atoms with Gasteiger partial charge < -0.3 is 4.74 Å². The summed E-state index contributed by atoms with van der Waals surface area (Å²) in [5.74, 6) is -0.472. The standard InChI is InChI=1S/C12H12Cl2N2O2/c1-3-18-12(17)10-9(11(13)14)15-8-6-4-5-7(2)16(8)10/h4-6,11H,3H2,1-2H3. The van der Waals surface area contributed by atoms with Crippen LogP contribution < -0.4 is 0 Å². The van der Waals surface area contributed by atoms with Crippen LogP contribution in [-0.4, -0.2) is 22.0 Å². The molecule has 4 nitrogen and oxygen atoms in total. The number of halogens is 2. The van der Waals surface area contributed by atoms with Crippen LogP contribution in [-0.2, 0) is 4.74 Å². The van der Waals surface area contributed by atoms with Crippen molar-refractivity contribution < 1.29 is 9.53 Å². The van der Waals surface area contributed by atoms with E-state index < -0.39 is 10.8 Å². The molecule has 0 amide bonds. The van der Waals surface area contributed by atoms with E-state index in [9.17, 15) is 4.79 Å². The van der Waals surface area contributed by atoms with Gasteiger partial charge in [0.1, 0.15) is 11.3 Å². The summed E-state index contributed by atoms with van der Waals surface area (Å²) in [5.41, 5.74) is 2.11. The van der Waals surface area contributed by atoms with Gasteiger partial charge in [-0.25, -0.2) is 9.78 Å². The Hall–Kier alpha value is -1.26. The average molecular weight is 287 g/mol. The van der Waals surface area contributed by atoms with E-state index in [0.29, 0.717) is 17.0 Å². The van der Waals surface area contributed by atoms with Crippen molar-refractivity contribution in [2.24, 2.45) is 0 Å². The van der Waals surface area contributed by atoms with Gasteiger partial charge in [0.25, 0.3) is 0 Å². The number of ether oxygens (including phenoxy) is 1. The maximum atomic E-state index is 12.0. The van der Waals surface area contributed by atoms with E-state index in [1.165, 1.54) is 0 Å². The number of carbonyl (C=O) groups excluding carboxylic acids is 1. The van der Waals surface area contributed by atoms with Gasteiger partial charge in [0.15, 0.2) is 10.5 Å². The summed E-state index contributed by atoms with van der Waals surface area (Å²) in [7, 11) is 0. The molecule has 0 aliphatic heterocycles. The fourth-order valence-electron chi connectivity index (χ4n) is 1.82. The van der Waals surface area contributed by atoms with Crippen LogP contribution in [0.2, 0.25) is 0 Å². The van der Waals surface area contributed by atoms with Crippen molar-refractivity contribution in [3.8, 4) is 0 Å². The smallest absolute Gasteiger partial charge is 0.357 e. The Morgan fingerprint density at radius 3 is 2.83 bits per heavy atom. The van der Waals surface area contributed by atoms with Crippen LogP contribution >= 0.6 is 23.2 Å². The molecule has 0 unspecified atom stereocenters. The van der Waals surface area contributed by atoms with E-state index in [1.54, 1.807) is 17.4 Å². The fraction of sp³-hybridized carbons (Fsp3) is 0.333. The number of alkyl halides is 2. The molecule has 0 bridgehead atoms. The molecule has 0 spiro atoms. The lowest BCUT2D eigenvalue weighted by atomic mass is 10.3. The third-order valence-electron chi connectivity index (χ3n) is 2.54. The summed E-state index contributed by atoms with van der Waals surface area (Å²) in [6.45, 7) is 3.90. The van der Waals surface area contributed by atoms with E-state index in [-0.39, 0.29) is 6.61 Å². The molecule has 2 heterocycles. The van der Waals surface area contributed by atoms with Crippen LogP contribution in [0.5, 0.6) is 0 Å². The number of nitrogens with zero attached hydrogens (tertiary/aromatic N) is 2. The minimum Gasteiger partial charge on any atom is -0.461 e. The van der Waals surface area contributed by atoms with Crippen LogP contribution in [0, 0.1) is 6.92 Å². The Kier molecular flexibility index (Phi) is 3.78. The predicted molar refractivity (Wildman–Crippen MR) is 70.3 cm³/mol. The van der Waals surface area contributed by atoms with Crippen LogP contribution in [0.1, 0.15) is 33.6 Å². The van der Waals surface area contributed by atoms with Crippen molar-refractivity contribution in [3.05, 3.63) is 35.3 Å². The molecule has 2 rings (SSSR count). The molecular formula is C12H12Cl2N2O2. The van der Waals surface area contributed by atoms with Crippen molar-refractivity contribution in [1.29, 1.82) is 0 Å². The minimum atomic E-state index is -0.872. The summed E-state index contributed by atoms with van der Waals surface area (Å²) >= 11 is 11.7. The first-order valence-electron chi connectivity index (χ1n) is 5.49. The van der Waals surface area contributed by atoms with Crippen molar-refractivity contribution in [2.45, 2.75) is 18.7 Å². The third kappa shape index (κ3) is 2.18. The van der Waals surface area contributed by atoms with Crippen molar-refractivity contribution in [2.75, 3.05) is 6.61 Å². The molecule has 0 saturated carbocycles. The molecule has 96 valence electrons. The van der Waals surface area contributed by atoms with E-state index in [0.717, 1.165) is 5.69 Å². The Labute approximate surface area is 114 Å². The zero-order valence-corrected chi connectivity index (χ0v) is 11.5. The number of fused-ring (bicyclic) bond motifs is 1. The molecule has 0 aliphatic rings. The highest BCUT2D eigenvalue weighted by Gasteiger charge is 2.24. The van der Waals surface area contributed by atoms with Gasteiger partial charge >= 0.3 is 5.97 Å². The topological polar surface area (TPSA) is 43.6 Å². The number of hydrogen-bond donors (Lipinski definition) is 0. The molecule has 0 fully saturated rings. The van der Waals surface area contributed by atoms with E-state index in [1.807, 2.05) is 19.1 Å². The molecular weight excluding hydrogens is 275 g/mol. The van der Waals surface area contributed by atoms with Crippen molar-refractivity contribution >= 4 is 34.8 Å². The number of hydrogen-bond acceptors (Lipinski definition) is 3. The zero-order valence-electron chi connectivity index (χ0n) is 9.98. The van der Waals surface area contributed by atoms with Crippen molar-refractivity contribution in [3.63, 3.8) is 0 Å². The summed E-state index contributed by atoms with van der Waals surface area (Å²) in [5, 5.41) is 0. The highest BCUT2D eigenvalue weighted by Crippen LogP contribution is 2.29. The van der Waals surface area contributed by atoms with Crippen LogP contribution in [0.3, 0.4) is 0 Å². The second kappa shape index (κ2) is 5.16. The zero-order chi connectivity index (χ0) is 13.3. The average Bonchev–Trinajstić information content (AvgIpc) is 2.70. The number of aromatic nitrogens is 2. The van der Waals surface area contributed by atoms with Crippen LogP contribution in [0.4, 0.5) is 0 Å². The van der Waals surface area contributed by atoms with Gasteiger partial charge in [0.05, 0.1) is 6.61 Å². The first-order valence-corrected chi connectivity index (χ1v) is 6.36. The van der Waals surface area contributed by atoms with Gasteiger partial charge in [-0.3, -0.25) is 4.40 Å². The van der Waals surface area contributed by atoms with Gasteiger partial charge in [-0.1, -0.05) is 29.3 Å². The van der Waals surface area contributed by atoms with Gasteiger partial charge in [-0.05, 0) is 26.0 Å². The van der Waals surface area contributed by atoms with Gasteiger partial charge in [0, 0.05) is 5.69 Å². The molecule has 2 aromatic heterocycles. The number of esters is 1. The summed E-state index contributed by atoms with van der Waals surface area (Å²) < 4.78 is 6.72. The van der Waals surface area contributed by atoms with Gasteiger partial charge in [-0.15, -0.1) is 0 Å². The Balaban J connectivity index is 2.73. The second-order valence-electron chi connectivity index (χ2n) is 3.73. The summed E-state index contributed by atoms with van der Waals surface area (Å²) in [6, 6.07) is 5.52. The normalized spacial score (nSPS) is 11.2. The first-order chi connectivity index (χ1) is 8.56. The SMILES string of the molecule is CCOC(=O)c1c(C(Cl)Cl)nc2cccc(C)n12. The highest BCUT2D eigenvalue weighted by atomic mass is 35.5. The molecule has 0 atom stereocenters. The Morgan fingerprint density at radius 2 is 2.22 bits per heavy atom. The molecule has 0 N–H and O–H groups in total. The maximum absolute atomic E-state index is 12.0. The Morgan fingerprint density at radius 1 is 1.50 bits per heavy atom. The monoisotopic (exact) mass is 286 g/mol. The molecule has 0 saturated heterocycles. The third-order valence-corrected chi connectivity index (χ3v) is 2.95. The highest BCUT2D eigenvalue weighted by molar-refractivity contribution is 6.44. The quantitative estimate of drug-likeness (QED) is 0.642. The van der Waals surface area contributed by atoms with E-state index in [2.05, 4.69) is 4.98 Å². The van der Waals surface area contributed by atoms with Crippen molar-refractivity contribution in [1.82, 2.24) is 9.38 Å². The predicted octanol–water partition coefficient (Wildman–Crippen LogP) is 3.30. The van der Waals surface area contributed by atoms with Crippen LogP contribution in [0.15, 0.2) is 18.2 Å². The molecule has 18 heavy (non-hydrogen) atoms. The van der Waals surface area contributed by atoms with E-state index >= 15 is 0 Å². The number of pyridine rings is 1. The maximum Gasteiger partial charge on any atom is 0.357 e. The molecule has 0 aromatic carbocycles. The number of aryl methyl sites for hydroxylation is 1. The lowest BCUT2D eigenvalue weighted by Crippen LogP contribution is -2.11. The van der Waals surface area contributed by atoms with Gasteiger partial charge in [-0.2, -0.15) is 0 Å². The van der Waals surface area contributed by atoms with E-state index in [4.69, 9.17) is 27.9 Å². The molecule has 6 heteroatoms. The first kappa shape index (κ1) is 13.2. The molecule has 0 aliphatic carbocycles. The number of imidazole rings is 1. The largest absolute Gasteiger partial charge is 0.461 e. The Bertz CT molecular complexity index is 593. The summed E-state index contributed by atoms with van der Waals surface area (Å²) in [6.07, 6.45) is 0. The summed E-state index contributed by atoms with van der Waals surface area (Å²) in [4.78, 5) is 15.4. The number of rotatable bonds is 3. The molecule has 0 radical (unpaired) electrons. The molecule has 2 aromatic rings. The second-order valence-corrected chi connectivity index (χ2v) is 4.82. The number of carbonyl (C=O) groups is 1. The minimum absolute atomic E-state index is 0.284. The lowest BCUT2D eigenvalue weighted by Gasteiger charge is -2.06. The lowest BCUT2D eigenvalue weighted by molar-refractivity contribution is 0.0517. The van der Waals surface area contributed by atoms with Crippen LogP contribution in [0.25, 0.3) is 5.65 Å². The van der Waals surface area contributed by atoms with Gasteiger partial charge in [0.2, 0.25) is 0 Å².